The van der Waals surface area contributed by atoms with Crippen LogP contribution in [0.1, 0.15) is 40.0 Å². The number of nitro benzene ring substituents is 1. The third kappa shape index (κ3) is 2.00. The van der Waals surface area contributed by atoms with E-state index in [2.05, 4.69) is 21.2 Å². The molecular weight excluding hydrogens is 376 g/mol. The molecule has 0 heterocycles. The molecule has 2 aliphatic rings. The molecule has 2 saturated carbocycles. The highest BCUT2D eigenvalue weighted by Crippen LogP contribution is 2.70. The predicted molar refractivity (Wildman–Crippen MR) is 92.6 cm³/mol. The quantitative estimate of drug-likeness (QED) is 0.617. The van der Waals surface area contributed by atoms with Crippen molar-refractivity contribution in [2.24, 2.45) is 16.2 Å². The molecule has 128 valence electrons. The summed E-state index contributed by atoms with van der Waals surface area (Å²) < 4.78 is 0.570. The van der Waals surface area contributed by atoms with Crippen molar-refractivity contribution in [3.8, 4) is 0 Å². The predicted octanol–water partition coefficient (Wildman–Crippen LogP) is 4.08. The second-order valence-electron chi connectivity index (χ2n) is 7.51. The molecule has 1 aromatic carbocycles. The summed E-state index contributed by atoms with van der Waals surface area (Å²) in [7, 11) is 0. The maximum absolute atomic E-state index is 13.1. The van der Waals surface area contributed by atoms with Crippen molar-refractivity contribution in [1.82, 2.24) is 0 Å². The first-order valence-electron chi connectivity index (χ1n) is 7.84. The van der Waals surface area contributed by atoms with Crippen molar-refractivity contribution in [3.63, 3.8) is 0 Å². The Hall–Kier alpha value is -1.76. The zero-order valence-corrected chi connectivity index (χ0v) is 15.4. The number of fused-ring (bicyclic) bond motifs is 2. The van der Waals surface area contributed by atoms with Crippen LogP contribution in [0.25, 0.3) is 0 Å². The fraction of sp³-hybridized carbons (Fsp3) is 0.529. The van der Waals surface area contributed by atoms with Gasteiger partial charge in [0.15, 0.2) is 0 Å². The van der Waals surface area contributed by atoms with E-state index in [9.17, 15) is 19.7 Å². The van der Waals surface area contributed by atoms with Crippen LogP contribution in [-0.4, -0.2) is 16.6 Å². The van der Waals surface area contributed by atoms with Crippen LogP contribution < -0.4 is 5.32 Å². The third-order valence-electron chi connectivity index (χ3n) is 6.55. The topological polar surface area (TPSA) is 89.3 Å². The van der Waals surface area contributed by atoms with Crippen molar-refractivity contribution >= 4 is 39.0 Å². The first kappa shape index (κ1) is 17.1. The van der Waals surface area contributed by atoms with Crippen LogP contribution in [-0.2, 0) is 9.59 Å². The number of nitrogens with zero attached hydrogens (tertiary/aromatic N) is 1. The monoisotopic (exact) mass is 394 g/mol. The van der Waals surface area contributed by atoms with Crippen LogP contribution in [0.3, 0.4) is 0 Å². The summed E-state index contributed by atoms with van der Waals surface area (Å²) in [4.78, 5) is 36.0. The number of anilines is 1. The van der Waals surface area contributed by atoms with Crippen LogP contribution >= 0.6 is 15.9 Å². The van der Waals surface area contributed by atoms with Crippen molar-refractivity contribution < 1.29 is 14.5 Å². The number of benzene rings is 1. The lowest BCUT2D eigenvalue weighted by Gasteiger charge is -2.38. The molecule has 24 heavy (non-hydrogen) atoms. The zero-order valence-electron chi connectivity index (χ0n) is 13.8. The molecule has 0 aromatic heterocycles. The molecule has 2 bridgehead atoms. The van der Waals surface area contributed by atoms with Crippen LogP contribution in [0.5, 0.6) is 0 Å². The largest absolute Gasteiger partial charge is 0.324 e. The Morgan fingerprint density at radius 1 is 1.29 bits per heavy atom. The van der Waals surface area contributed by atoms with E-state index in [0.717, 1.165) is 0 Å². The molecular formula is C17H19BrN2O4. The number of hydrogen-bond donors (Lipinski definition) is 1. The van der Waals surface area contributed by atoms with Gasteiger partial charge in [-0.15, -0.1) is 0 Å². The highest BCUT2D eigenvalue weighted by molar-refractivity contribution is 9.10. The summed E-state index contributed by atoms with van der Waals surface area (Å²) in [6.45, 7) is 5.90. The fourth-order valence-electron chi connectivity index (χ4n) is 4.33. The van der Waals surface area contributed by atoms with Crippen molar-refractivity contribution in [2.45, 2.75) is 40.0 Å². The van der Waals surface area contributed by atoms with Crippen molar-refractivity contribution in [1.29, 1.82) is 0 Å². The summed E-state index contributed by atoms with van der Waals surface area (Å²) >= 11 is 3.31. The second-order valence-corrected chi connectivity index (χ2v) is 8.37. The summed E-state index contributed by atoms with van der Waals surface area (Å²) in [5.74, 6) is -0.102. The number of Topliss-reactive ketones (excluding diaryl/α,β-unsaturated/α-hetero) is 1. The molecule has 1 N–H and O–H groups in total. The van der Waals surface area contributed by atoms with Crippen LogP contribution in [0, 0.1) is 26.4 Å². The Morgan fingerprint density at radius 3 is 2.46 bits per heavy atom. The first-order valence-corrected chi connectivity index (χ1v) is 8.63. The van der Waals surface area contributed by atoms with E-state index < -0.39 is 21.2 Å². The van der Waals surface area contributed by atoms with Crippen LogP contribution in [0.4, 0.5) is 11.4 Å². The van der Waals surface area contributed by atoms with Gasteiger partial charge in [0.2, 0.25) is 5.91 Å². The number of non-ortho nitro benzene ring substituents is 1. The van der Waals surface area contributed by atoms with Gasteiger partial charge in [-0.05, 0) is 40.3 Å². The molecule has 0 aliphatic heterocycles. The Bertz CT molecular complexity index is 776. The summed E-state index contributed by atoms with van der Waals surface area (Å²) in [5, 5.41) is 13.8. The molecule has 2 fully saturated rings. The second kappa shape index (κ2) is 5.12. The summed E-state index contributed by atoms with van der Waals surface area (Å²) in [6.07, 6.45) is 1.58. The van der Waals surface area contributed by atoms with Gasteiger partial charge in [-0.25, -0.2) is 0 Å². The minimum absolute atomic E-state index is 0.0935. The number of nitro groups is 1. The van der Waals surface area contributed by atoms with E-state index in [0.29, 0.717) is 23.0 Å². The first-order chi connectivity index (χ1) is 11.0. The van der Waals surface area contributed by atoms with Gasteiger partial charge >= 0.3 is 0 Å². The summed E-state index contributed by atoms with van der Waals surface area (Å²) in [5.41, 5.74) is -1.43. The maximum Gasteiger partial charge on any atom is 0.271 e. The summed E-state index contributed by atoms with van der Waals surface area (Å²) in [6, 6.07) is 4.24. The standard InChI is InChI=1S/C17H19BrN2O4/c1-15(2)16(3)6-7-17(15,9-13(16)21)14(22)19-12-8-10(20(23)24)4-5-11(12)18/h4-5,8H,6-7,9H2,1-3H3,(H,19,22)/t16-,17+/m1/s1. The zero-order chi connectivity index (χ0) is 17.9. The van der Waals surface area contributed by atoms with Gasteiger partial charge in [0, 0.05) is 28.4 Å². The van der Waals surface area contributed by atoms with E-state index in [1.54, 1.807) is 0 Å². The van der Waals surface area contributed by atoms with Gasteiger partial charge < -0.3 is 5.32 Å². The number of nitrogens with one attached hydrogen (secondary N) is 1. The number of ketones is 1. The molecule has 0 spiro atoms. The molecule has 0 saturated heterocycles. The molecule has 2 aliphatic carbocycles. The lowest BCUT2D eigenvalue weighted by atomic mass is 9.64. The molecule has 1 aromatic rings. The van der Waals surface area contributed by atoms with E-state index in [4.69, 9.17) is 0 Å². The van der Waals surface area contributed by atoms with Crippen molar-refractivity contribution in [3.05, 3.63) is 32.8 Å². The molecule has 0 radical (unpaired) electrons. The number of carbonyl (C=O) groups excluding carboxylic acids is 2. The smallest absolute Gasteiger partial charge is 0.271 e. The molecule has 2 atom stereocenters. The van der Waals surface area contributed by atoms with Gasteiger partial charge in [0.25, 0.3) is 5.69 Å². The number of amides is 1. The number of halogens is 1. The molecule has 0 unspecified atom stereocenters. The minimum atomic E-state index is -0.761. The van der Waals surface area contributed by atoms with Gasteiger partial charge in [-0.2, -0.15) is 0 Å². The lowest BCUT2D eigenvalue weighted by Crippen LogP contribution is -2.43. The highest BCUT2D eigenvalue weighted by Gasteiger charge is 2.72. The van der Waals surface area contributed by atoms with Gasteiger partial charge in [0.05, 0.1) is 16.0 Å². The highest BCUT2D eigenvalue weighted by atomic mass is 79.9. The lowest BCUT2D eigenvalue weighted by molar-refractivity contribution is -0.384. The molecule has 6 nitrogen and oxygen atoms in total. The molecule has 1 amide bonds. The Morgan fingerprint density at radius 2 is 1.96 bits per heavy atom. The molecule has 3 rings (SSSR count). The van der Waals surface area contributed by atoms with Crippen LogP contribution in [0.15, 0.2) is 22.7 Å². The SMILES string of the molecule is CC1(C)[C@@]2(C(=O)Nc3cc([N+](=O)[O-])ccc3Br)CC[C@]1(C)C(=O)C2. The normalized spacial score (nSPS) is 30.4. The van der Waals surface area contributed by atoms with Gasteiger partial charge in [-0.3, -0.25) is 19.7 Å². The minimum Gasteiger partial charge on any atom is -0.324 e. The Kier molecular flexibility index (Phi) is 3.64. The van der Waals surface area contributed by atoms with E-state index in [1.165, 1.54) is 18.2 Å². The molecule has 7 heteroatoms. The van der Waals surface area contributed by atoms with E-state index in [1.807, 2.05) is 20.8 Å². The van der Waals surface area contributed by atoms with Crippen molar-refractivity contribution in [2.75, 3.05) is 5.32 Å². The Balaban J connectivity index is 1.96. The maximum atomic E-state index is 13.1. The number of hydrogen-bond acceptors (Lipinski definition) is 4. The van der Waals surface area contributed by atoms with Crippen LogP contribution in [0.2, 0.25) is 0 Å². The van der Waals surface area contributed by atoms with E-state index in [-0.39, 0.29) is 23.8 Å². The van der Waals surface area contributed by atoms with Gasteiger partial charge in [-0.1, -0.05) is 20.8 Å². The number of carbonyl (C=O) groups is 2. The van der Waals surface area contributed by atoms with E-state index >= 15 is 0 Å². The fourth-order valence-corrected chi connectivity index (χ4v) is 4.67. The average Bonchev–Trinajstić information content (AvgIpc) is 2.79. The average molecular weight is 395 g/mol. The number of rotatable bonds is 3. The van der Waals surface area contributed by atoms with Gasteiger partial charge in [0.1, 0.15) is 5.78 Å². The Labute approximate surface area is 148 Å². The third-order valence-corrected chi connectivity index (χ3v) is 7.24.